The lowest BCUT2D eigenvalue weighted by Crippen LogP contribution is -2.17. The highest BCUT2D eigenvalue weighted by Gasteiger charge is 2.23. The van der Waals surface area contributed by atoms with Crippen LogP contribution < -0.4 is 4.90 Å². The molecule has 0 atom stereocenters. The van der Waals surface area contributed by atoms with Crippen LogP contribution in [-0.2, 0) is 10.8 Å². The maximum Gasteiger partial charge on any atom is 0.0521 e. The Morgan fingerprint density at radius 3 is 1.81 bits per heavy atom. The second-order valence-electron chi connectivity index (χ2n) is 10.5. The highest BCUT2D eigenvalue weighted by molar-refractivity contribution is 9.10. The van der Waals surface area contributed by atoms with Gasteiger partial charge in [-0.15, -0.1) is 0 Å². The van der Waals surface area contributed by atoms with Crippen molar-refractivity contribution < 1.29 is 0 Å². The first kappa shape index (κ1) is 23.9. The molecule has 3 rings (SSSR count). The summed E-state index contributed by atoms with van der Waals surface area (Å²) in [5.74, 6) is 0. The van der Waals surface area contributed by atoms with Crippen molar-refractivity contribution in [3.63, 3.8) is 0 Å². The lowest BCUT2D eigenvalue weighted by atomic mass is 9.86. The van der Waals surface area contributed by atoms with Crippen molar-refractivity contribution in [2.45, 2.75) is 66.2 Å². The van der Waals surface area contributed by atoms with Gasteiger partial charge in [0.2, 0.25) is 0 Å². The summed E-state index contributed by atoms with van der Waals surface area (Å²) >= 11 is 10.2. The lowest BCUT2D eigenvalue weighted by molar-refractivity contribution is 0.590. The number of benzene rings is 3. The monoisotopic (exact) mass is 497 g/mol. The highest BCUT2D eigenvalue weighted by atomic mass is 79.9. The number of hydrogen-bond acceptors (Lipinski definition) is 1. The molecule has 0 aliphatic heterocycles. The van der Waals surface area contributed by atoms with Crippen LogP contribution in [0.1, 0.15) is 63.8 Å². The third kappa shape index (κ3) is 5.35. The highest BCUT2D eigenvalue weighted by Crippen LogP contribution is 2.43. The summed E-state index contributed by atoms with van der Waals surface area (Å²) in [7, 11) is 0. The zero-order chi connectivity index (χ0) is 23.1. The van der Waals surface area contributed by atoms with Gasteiger partial charge in [-0.05, 0) is 89.4 Å². The van der Waals surface area contributed by atoms with Gasteiger partial charge in [0.05, 0.1) is 5.69 Å². The zero-order valence-corrected chi connectivity index (χ0v) is 22.2. The second kappa shape index (κ2) is 8.64. The van der Waals surface area contributed by atoms with Crippen LogP contribution in [0.25, 0.3) is 0 Å². The van der Waals surface area contributed by atoms with Gasteiger partial charge in [-0.1, -0.05) is 81.2 Å². The van der Waals surface area contributed by atoms with Crippen molar-refractivity contribution in [1.82, 2.24) is 0 Å². The average Bonchev–Trinajstić information content (AvgIpc) is 2.62. The van der Waals surface area contributed by atoms with Gasteiger partial charge in [-0.3, -0.25) is 0 Å². The molecule has 31 heavy (non-hydrogen) atoms. The number of rotatable bonds is 3. The molecule has 0 aliphatic carbocycles. The van der Waals surface area contributed by atoms with E-state index in [-0.39, 0.29) is 10.8 Å². The fraction of sp³-hybridized carbons (Fsp3) is 0.357. The molecule has 0 heterocycles. The number of hydrogen-bond donors (Lipinski definition) is 0. The van der Waals surface area contributed by atoms with Crippen molar-refractivity contribution >= 4 is 44.6 Å². The summed E-state index contributed by atoms with van der Waals surface area (Å²) in [6, 6.07) is 19.7. The van der Waals surface area contributed by atoms with Crippen LogP contribution >= 0.6 is 27.5 Å². The van der Waals surface area contributed by atoms with E-state index in [1.54, 1.807) is 0 Å². The van der Waals surface area contributed by atoms with Gasteiger partial charge in [-0.25, -0.2) is 0 Å². The summed E-state index contributed by atoms with van der Waals surface area (Å²) in [5.41, 5.74) is 8.49. The van der Waals surface area contributed by atoms with Gasteiger partial charge in [0, 0.05) is 20.9 Å². The largest absolute Gasteiger partial charge is 0.310 e. The molecule has 0 saturated heterocycles. The summed E-state index contributed by atoms with van der Waals surface area (Å²) in [5, 5.41) is 0.770. The van der Waals surface area contributed by atoms with Crippen molar-refractivity contribution in [1.29, 1.82) is 0 Å². The first-order valence-electron chi connectivity index (χ1n) is 10.8. The molecular formula is C28H33BrClN. The molecular weight excluding hydrogens is 466 g/mol. The van der Waals surface area contributed by atoms with Gasteiger partial charge >= 0.3 is 0 Å². The van der Waals surface area contributed by atoms with Crippen LogP contribution in [0.2, 0.25) is 5.02 Å². The molecule has 0 aromatic heterocycles. The second-order valence-corrected chi connectivity index (χ2v) is 11.8. The van der Waals surface area contributed by atoms with E-state index in [1.807, 2.05) is 12.1 Å². The topological polar surface area (TPSA) is 3.24 Å². The molecule has 0 radical (unpaired) electrons. The van der Waals surface area contributed by atoms with Crippen LogP contribution in [0.5, 0.6) is 0 Å². The molecule has 3 aromatic carbocycles. The van der Waals surface area contributed by atoms with Crippen molar-refractivity contribution in [3.8, 4) is 0 Å². The van der Waals surface area contributed by atoms with Crippen LogP contribution in [0.3, 0.4) is 0 Å². The minimum absolute atomic E-state index is 0.0432. The van der Waals surface area contributed by atoms with Crippen molar-refractivity contribution in [2.75, 3.05) is 4.90 Å². The van der Waals surface area contributed by atoms with Crippen LogP contribution in [0, 0.1) is 13.8 Å². The fourth-order valence-electron chi connectivity index (χ4n) is 3.91. The molecule has 0 spiro atoms. The van der Waals surface area contributed by atoms with E-state index in [0.717, 1.165) is 32.0 Å². The Hall–Kier alpha value is -1.77. The van der Waals surface area contributed by atoms with E-state index in [9.17, 15) is 0 Å². The molecule has 3 aromatic rings. The van der Waals surface area contributed by atoms with E-state index in [4.69, 9.17) is 11.6 Å². The van der Waals surface area contributed by atoms with Crippen LogP contribution in [-0.4, -0.2) is 0 Å². The van der Waals surface area contributed by atoms with Crippen molar-refractivity contribution in [2.24, 2.45) is 0 Å². The first-order chi connectivity index (χ1) is 14.3. The summed E-state index contributed by atoms with van der Waals surface area (Å²) < 4.78 is 1.08. The van der Waals surface area contributed by atoms with E-state index in [1.165, 1.54) is 16.8 Å². The lowest BCUT2D eigenvalue weighted by Gasteiger charge is -2.32. The van der Waals surface area contributed by atoms with E-state index < -0.39 is 0 Å². The SMILES string of the molecule is Cc1cc(Cl)cc(C)c1N(c1cccc(C(C)(C)C)c1)c1cc(Br)cc(C(C)(C)C)c1. The molecule has 164 valence electrons. The molecule has 0 aliphatic rings. The predicted molar refractivity (Wildman–Crippen MR) is 141 cm³/mol. The molecule has 0 saturated carbocycles. The van der Waals surface area contributed by atoms with Crippen molar-refractivity contribution in [3.05, 3.63) is 86.3 Å². The van der Waals surface area contributed by atoms with Gasteiger partial charge < -0.3 is 4.90 Å². The van der Waals surface area contributed by atoms with E-state index >= 15 is 0 Å². The summed E-state index contributed by atoms with van der Waals surface area (Å²) in [6.07, 6.45) is 0. The maximum absolute atomic E-state index is 6.39. The Morgan fingerprint density at radius 2 is 1.26 bits per heavy atom. The molecule has 0 fully saturated rings. The standard InChI is InChI=1S/C28H33BrClN/c1-18-12-23(30)13-19(2)26(18)31(24-11-9-10-20(15-24)27(3,4)5)25-16-21(28(6,7)8)14-22(29)17-25/h9-17H,1-8H3. The quantitative estimate of drug-likeness (QED) is 0.347. The minimum Gasteiger partial charge on any atom is -0.310 e. The molecule has 0 amide bonds. The molecule has 3 heteroatoms. The Morgan fingerprint density at radius 1 is 0.710 bits per heavy atom. The average molecular weight is 499 g/mol. The zero-order valence-electron chi connectivity index (χ0n) is 19.9. The molecule has 0 N–H and O–H groups in total. The smallest absolute Gasteiger partial charge is 0.0521 e. The van der Waals surface area contributed by atoms with Gasteiger partial charge in [-0.2, -0.15) is 0 Å². The predicted octanol–water partition coefficient (Wildman–Crippen LogP) is 9.78. The number of nitrogens with zero attached hydrogens (tertiary/aromatic N) is 1. The minimum atomic E-state index is 0.0432. The van der Waals surface area contributed by atoms with Crippen LogP contribution in [0.4, 0.5) is 17.1 Å². The third-order valence-corrected chi connectivity index (χ3v) is 6.33. The van der Waals surface area contributed by atoms with Gasteiger partial charge in [0.15, 0.2) is 0 Å². The molecule has 0 unspecified atom stereocenters. The number of anilines is 3. The van der Waals surface area contributed by atoms with Gasteiger partial charge in [0.1, 0.15) is 0 Å². The van der Waals surface area contributed by atoms with Gasteiger partial charge in [0.25, 0.3) is 0 Å². The number of aryl methyl sites for hydroxylation is 2. The Labute approximate surface area is 201 Å². The Kier molecular flexibility index (Phi) is 6.65. The third-order valence-electron chi connectivity index (χ3n) is 5.66. The summed E-state index contributed by atoms with van der Waals surface area (Å²) in [6.45, 7) is 17.8. The Bertz CT molecular complexity index is 1080. The fourth-order valence-corrected chi connectivity index (χ4v) is 4.72. The first-order valence-corrected chi connectivity index (χ1v) is 11.9. The van der Waals surface area contributed by atoms with E-state index in [2.05, 4.69) is 119 Å². The molecule has 0 bridgehead atoms. The van der Waals surface area contributed by atoms with E-state index in [0.29, 0.717) is 0 Å². The normalized spacial score (nSPS) is 12.2. The maximum atomic E-state index is 6.39. The molecule has 1 nitrogen and oxygen atoms in total. The Balaban J connectivity index is 2.34. The summed E-state index contributed by atoms with van der Waals surface area (Å²) in [4.78, 5) is 2.37. The van der Waals surface area contributed by atoms with Crippen LogP contribution in [0.15, 0.2) is 59.1 Å². The number of halogens is 2.